The molecule has 0 saturated heterocycles. The number of sulfonamides is 1. The molecule has 1 aromatic heterocycles. The van der Waals surface area contributed by atoms with Gasteiger partial charge in [0.2, 0.25) is 10.0 Å². The summed E-state index contributed by atoms with van der Waals surface area (Å²) in [5.41, 5.74) is 0.887. The summed E-state index contributed by atoms with van der Waals surface area (Å²) in [5, 5.41) is 3.54. The number of rotatable bonds is 7. The largest absolute Gasteiger partial charge is 0.383 e. The summed E-state index contributed by atoms with van der Waals surface area (Å²) in [5.74, 6) is -0.651. The molecule has 0 fully saturated rings. The molecular weight excluding hydrogens is 349 g/mol. The Hall–Kier alpha value is -0.990. The molecule has 0 aliphatic carbocycles. The Bertz CT molecular complexity index is 720. The number of methoxy groups -OCH3 is 1. The van der Waals surface area contributed by atoms with Crippen LogP contribution in [0.25, 0.3) is 0 Å². The van der Waals surface area contributed by atoms with Gasteiger partial charge in [-0.05, 0) is 40.6 Å². The van der Waals surface area contributed by atoms with Crippen molar-refractivity contribution in [2.75, 3.05) is 20.3 Å². The summed E-state index contributed by atoms with van der Waals surface area (Å²) < 4.78 is 44.9. The van der Waals surface area contributed by atoms with E-state index in [1.54, 1.807) is 0 Å². The summed E-state index contributed by atoms with van der Waals surface area (Å²) in [7, 11) is -2.28. The maximum Gasteiger partial charge on any atom is 0.243 e. The SMILES string of the molecule is COCCN(Cc1ccsc1)S(=O)(=O)c1ccc(F)c(Cl)c1. The van der Waals surface area contributed by atoms with E-state index in [0.717, 1.165) is 17.7 Å². The third kappa shape index (κ3) is 4.05. The third-order valence-corrected chi connectivity index (χ3v) is 5.88. The molecule has 0 amide bonds. The fourth-order valence-corrected chi connectivity index (χ4v) is 4.19. The summed E-state index contributed by atoms with van der Waals surface area (Å²) >= 11 is 7.18. The Morgan fingerprint density at radius 3 is 2.73 bits per heavy atom. The van der Waals surface area contributed by atoms with E-state index in [9.17, 15) is 12.8 Å². The number of hydrogen-bond donors (Lipinski definition) is 0. The van der Waals surface area contributed by atoms with Gasteiger partial charge < -0.3 is 4.74 Å². The normalized spacial score (nSPS) is 12.0. The van der Waals surface area contributed by atoms with E-state index < -0.39 is 15.8 Å². The van der Waals surface area contributed by atoms with Crippen molar-refractivity contribution in [3.05, 3.63) is 51.4 Å². The molecule has 0 bridgehead atoms. The van der Waals surface area contributed by atoms with Crippen LogP contribution in [0.3, 0.4) is 0 Å². The van der Waals surface area contributed by atoms with Gasteiger partial charge in [0.1, 0.15) is 5.82 Å². The van der Waals surface area contributed by atoms with Crippen molar-refractivity contribution < 1.29 is 17.5 Å². The van der Waals surface area contributed by atoms with Gasteiger partial charge in [0, 0.05) is 20.2 Å². The van der Waals surface area contributed by atoms with Crippen LogP contribution in [-0.4, -0.2) is 33.0 Å². The molecule has 0 atom stereocenters. The number of thiophene rings is 1. The van der Waals surface area contributed by atoms with Gasteiger partial charge in [0.15, 0.2) is 0 Å². The summed E-state index contributed by atoms with van der Waals surface area (Å²) in [4.78, 5) is -0.0368. The Labute approximate surface area is 138 Å². The molecule has 4 nitrogen and oxygen atoms in total. The molecular formula is C14H15ClFNO3S2. The van der Waals surface area contributed by atoms with Gasteiger partial charge in [0.05, 0.1) is 16.5 Å². The fraction of sp³-hybridized carbons (Fsp3) is 0.286. The first-order valence-corrected chi connectivity index (χ1v) is 9.16. The predicted octanol–water partition coefficient (Wildman–Crippen LogP) is 3.38. The number of hydrogen-bond acceptors (Lipinski definition) is 4. The zero-order valence-corrected chi connectivity index (χ0v) is 14.2. The van der Waals surface area contributed by atoms with Crippen molar-refractivity contribution in [2.24, 2.45) is 0 Å². The molecule has 1 aromatic carbocycles. The van der Waals surface area contributed by atoms with Crippen LogP contribution in [0.15, 0.2) is 39.9 Å². The van der Waals surface area contributed by atoms with Crippen LogP contribution in [0.1, 0.15) is 5.56 Å². The average Bonchev–Trinajstić information content (AvgIpc) is 2.99. The molecule has 0 radical (unpaired) electrons. The van der Waals surface area contributed by atoms with Gasteiger partial charge in [-0.3, -0.25) is 0 Å². The predicted molar refractivity (Wildman–Crippen MR) is 85.2 cm³/mol. The summed E-state index contributed by atoms with van der Waals surface area (Å²) in [6.07, 6.45) is 0. The van der Waals surface area contributed by atoms with E-state index in [-0.39, 0.29) is 29.6 Å². The van der Waals surface area contributed by atoms with Crippen LogP contribution in [-0.2, 0) is 21.3 Å². The van der Waals surface area contributed by atoms with Gasteiger partial charge in [-0.15, -0.1) is 0 Å². The molecule has 22 heavy (non-hydrogen) atoms. The number of benzene rings is 1. The molecule has 0 spiro atoms. The van der Waals surface area contributed by atoms with Gasteiger partial charge in [-0.2, -0.15) is 15.6 Å². The monoisotopic (exact) mass is 363 g/mol. The van der Waals surface area contributed by atoms with E-state index in [1.165, 1.54) is 28.8 Å². The zero-order chi connectivity index (χ0) is 16.2. The molecule has 0 saturated carbocycles. The second kappa shape index (κ2) is 7.52. The van der Waals surface area contributed by atoms with Crippen LogP contribution >= 0.6 is 22.9 Å². The molecule has 2 rings (SSSR count). The smallest absolute Gasteiger partial charge is 0.243 e. The van der Waals surface area contributed by atoms with Crippen LogP contribution in [0.5, 0.6) is 0 Å². The van der Waals surface area contributed by atoms with Crippen LogP contribution in [0, 0.1) is 5.82 Å². The highest BCUT2D eigenvalue weighted by molar-refractivity contribution is 7.89. The lowest BCUT2D eigenvalue weighted by molar-refractivity contribution is 0.177. The van der Waals surface area contributed by atoms with E-state index in [2.05, 4.69) is 0 Å². The highest BCUT2D eigenvalue weighted by atomic mass is 35.5. The van der Waals surface area contributed by atoms with Gasteiger partial charge in [-0.25, -0.2) is 12.8 Å². The Morgan fingerprint density at radius 2 is 2.14 bits per heavy atom. The van der Waals surface area contributed by atoms with Gasteiger partial charge in [-0.1, -0.05) is 11.6 Å². The van der Waals surface area contributed by atoms with Crippen LogP contribution < -0.4 is 0 Å². The second-order valence-electron chi connectivity index (χ2n) is 4.54. The minimum absolute atomic E-state index is 0.0368. The van der Waals surface area contributed by atoms with Crippen LogP contribution in [0.2, 0.25) is 5.02 Å². The number of nitrogens with zero attached hydrogens (tertiary/aromatic N) is 1. The minimum atomic E-state index is -3.78. The van der Waals surface area contributed by atoms with Crippen LogP contribution in [0.4, 0.5) is 4.39 Å². The topological polar surface area (TPSA) is 46.6 Å². The summed E-state index contributed by atoms with van der Waals surface area (Å²) in [6.45, 7) is 0.687. The first-order valence-electron chi connectivity index (χ1n) is 6.40. The molecule has 1 heterocycles. The highest BCUT2D eigenvalue weighted by Crippen LogP contribution is 2.24. The maximum atomic E-state index is 13.2. The summed E-state index contributed by atoms with van der Waals surface area (Å²) in [6, 6.07) is 5.25. The fourth-order valence-electron chi connectivity index (χ4n) is 1.85. The number of ether oxygens (including phenoxy) is 1. The number of halogens is 2. The van der Waals surface area contributed by atoms with Gasteiger partial charge >= 0.3 is 0 Å². The third-order valence-electron chi connectivity index (χ3n) is 3.01. The quantitative estimate of drug-likeness (QED) is 0.757. The highest BCUT2D eigenvalue weighted by Gasteiger charge is 2.25. The standard InChI is InChI=1S/C14H15ClFNO3S2/c1-20-6-5-17(9-11-4-7-21-10-11)22(18,19)12-2-3-14(16)13(15)8-12/h2-4,7-8,10H,5-6,9H2,1H3. The molecule has 8 heteroatoms. The average molecular weight is 364 g/mol. The first-order chi connectivity index (χ1) is 10.4. The Morgan fingerprint density at radius 1 is 1.36 bits per heavy atom. The molecule has 0 aliphatic rings. The maximum absolute atomic E-state index is 13.2. The lowest BCUT2D eigenvalue weighted by Gasteiger charge is -2.21. The molecule has 0 aliphatic heterocycles. The van der Waals surface area contributed by atoms with Gasteiger partial charge in [0.25, 0.3) is 0 Å². The minimum Gasteiger partial charge on any atom is -0.383 e. The van der Waals surface area contributed by atoms with Crippen molar-refractivity contribution in [2.45, 2.75) is 11.4 Å². The van der Waals surface area contributed by atoms with Crippen molar-refractivity contribution in [3.63, 3.8) is 0 Å². The van der Waals surface area contributed by atoms with Crippen molar-refractivity contribution >= 4 is 33.0 Å². The Kier molecular flexibility index (Phi) is 5.94. The second-order valence-corrected chi connectivity index (χ2v) is 7.66. The van der Waals surface area contributed by atoms with E-state index in [4.69, 9.17) is 16.3 Å². The molecule has 2 aromatic rings. The molecule has 0 unspecified atom stereocenters. The zero-order valence-electron chi connectivity index (χ0n) is 11.8. The first kappa shape index (κ1) is 17.4. The van der Waals surface area contributed by atoms with Crippen molar-refractivity contribution in [3.8, 4) is 0 Å². The van der Waals surface area contributed by atoms with Crippen molar-refractivity contribution in [1.29, 1.82) is 0 Å². The molecule has 120 valence electrons. The Balaban J connectivity index is 2.32. The van der Waals surface area contributed by atoms with E-state index in [1.807, 2.05) is 16.8 Å². The van der Waals surface area contributed by atoms with E-state index >= 15 is 0 Å². The lowest BCUT2D eigenvalue weighted by Crippen LogP contribution is -2.33. The van der Waals surface area contributed by atoms with E-state index in [0.29, 0.717) is 0 Å². The lowest BCUT2D eigenvalue weighted by atomic mass is 10.3. The molecule has 0 N–H and O–H groups in total. The van der Waals surface area contributed by atoms with Crippen molar-refractivity contribution in [1.82, 2.24) is 4.31 Å².